The lowest BCUT2D eigenvalue weighted by Crippen LogP contribution is -2.19. The Labute approximate surface area is 203 Å². The number of nitrogens with one attached hydrogen (secondary N) is 1. The Kier molecular flexibility index (Phi) is 5.92. The van der Waals surface area contributed by atoms with Crippen LogP contribution in [-0.4, -0.2) is 25.7 Å². The van der Waals surface area contributed by atoms with E-state index in [1.165, 1.54) is 11.0 Å². The molecule has 0 aliphatic carbocycles. The number of fused-ring (bicyclic) bond motifs is 1. The Morgan fingerprint density at radius 1 is 0.941 bits per heavy atom. The number of aromatic nitrogens is 4. The van der Waals surface area contributed by atoms with Crippen molar-refractivity contribution in [3.63, 3.8) is 0 Å². The number of benzene rings is 3. The number of nitrogens with zero attached hydrogens (tertiary/aromatic N) is 4. The van der Waals surface area contributed by atoms with Crippen LogP contribution >= 0.6 is 15.9 Å². The number of hydrogen-bond donors (Lipinski definition) is 2. The van der Waals surface area contributed by atoms with Crippen LogP contribution in [0.2, 0.25) is 0 Å². The lowest BCUT2D eigenvalue weighted by Gasteiger charge is -2.06. The summed E-state index contributed by atoms with van der Waals surface area (Å²) in [6.07, 6.45) is 1.36. The first-order chi connectivity index (χ1) is 16.6. The summed E-state index contributed by atoms with van der Waals surface area (Å²) in [6.45, 7) is -0.0295. The fraction of sp³-hybridized carbons (Fsp3) is 0.0400. The van der Waals surface area contributed by atoms with E-state index in [-0.39, 0.29) is 12.5 Å². The van der Waals surface area contributed by atoms with E-state index >= 15 is 0 Å². The summed E-state index contributed by atoms with van der Waals surface area (Å²) in [5, 5.41) is 8.11. The predicted molar refractivity (Wildman–Crippen MR) is 134 cm³/mol. The standard InChI is InChI=1S/C25H19BrN6O2/c26-17-8-10-18(11-9-17)30-21(33)14-32-25-22(24(27)28-15-29-25)23(31-32)16-6-12-20(13-7-16)34-19-4-2-1-3-5-19/h1-13,15H,14H2,(H,30,33)(H2,27,28,29). The number of halogens is 1. The van der Waals surface area contributed by atoms with Crippen molar-refractivity contribution in [2.75, 3.05) is 11.1 Å². The average Bonchev–Trinajstić information content (AvgIpc) is 3.21. The van der Waals surface area contributed by atoms with E-state index in [0.717, 1.165) is 15.8 Å². The maximum absolute atomic E-state index is 12.7. The Hall–Kier alpha value is -4.24. The van der Waals surface area contributed by atoms with Crippen LogP contribution in [0.25, 0.3) is 22.3 Å². The summed E-state index contributed by atoms with van der Waals surface area (Å²) >= 11 is 3.38. The molecule has 2 heterocycles. The molecule has 5 aromatic rings. The third-order valence-corrected chi connectivity index (χ3v) is 5.62. The van der Waals surface area contributed by atoms with Crippen LogP contribution in [0.4, 0.5) is 11.5 Å². The molecular formula is C25H19BrN6O2. The second-order valence-electron chi connectivity index (χ2n) is 7.46. The highest BCUT2D eigenvalue weighted by atomic mass is 79.9. The molecule has 0 aliphatic rings. The van der Waals surface area contributed by atoms with Crippen LogP contribution in [0.15, 0.2) is 89.7 Å². The topological polar surface area (TPSA) is 108 Å². The largest absolute Gasteiger partial charge is 0.457 e. The monoisotopic (exact) mass is 514 g/mol. The van der Waals surface area contributed by atoms with Crippen LogP contribution in [0.5, 0.6) is 11.5 Å². The number of anilines is 2. The summed E-state index contributed by atoms with van der Waals surface area (Å²) in [5.41, 5.74) is 8.74. The van der Waals surface area contributed by atoms with Crippen LogP contribution in [0.1, 0.15) is 0 Å². The average molecular weight is 515 g/mol. The zero-order valence-electron chi connectivity index (χ0n) is 17.9. The van der Waals surface area contributed by atoms with E-state index in [9.17, 15) is 4.79 Å². The third-order valence-electron chi connectivity index (χ3n) is 5.09. The van der Waals surface area contributed by atoms with Gasteiger partial charge in [-0.15, -0.1) is 0 Å². The molecule has 0 fully saturated rings. The highest BCUT2D eigenvalue weighted by Crippen LogP contribution is 2.32. The van der Waals surface area contributed by atoms with Gasteiger partial charge in [-0.25, -0.2) is 14.6 Å². The maximum atomic E-state index is 12.7. The molecule has 0 saturated carbocycles. The van der Waals surface area contributed by atoms with Crippen molar-refractivity contribution in [2.24, 2.45) is 0 Å². The van der Waals surface area contributed by atoms with Gasteiger partial charge in [0, 0.05) is 15.7 Å². The summed E-state index contributed by atoms with van der Waals surface area (Å²) in [7, 11) is 0. The zero-order chi connectivity index (χ0) is 23.5. The summed E-state index contributed by atoms with van der Waals surface area (Å²) in [4.78, 5) is 21.1. The van der Waals surface area contributed by atoms with E-state index < -0.39 is 0 Å². The lowest BCUT2D eigenvalue weighted by atomic mass is 10.1. The van der Waals surface area contributed by atoms with E-state index in [1.54, 1.807) is 0 Å². The van der Waals surface area contributed by atoms with Crippen molar-refractivity contribution in [1.29, 1.82) is 0 Å². The van der Waals surface area contributed by atoms with Crippen LogP contribution in [0, 0.1) is 0 Å². The number of amides is 1. The third kappa shape index (κ3) is 4.60. The van der Waals surface area contributed by atoms with Crippen molar-refractivity contribution in [3.8, 4) is 22.8 Å². The minimum Gasteiger partial charge on any atom is -0.457 e. The molecule has 0 saturated heterocycles. The first-order valence-corrected chi connectivity index (χ1v) is 11.2. The summed E-state index contributed by atoms with van der Waals surface area (Å²) in [6, 6.07) is 24.4. The Balaban J connectivity index is 1.43. The fourth-order valence-corrected chi connectivity index (χ4v) is 3.78. The molecule has 9 heteroatoms. The first kappa shape index (κ1) is 21.6. The van der Waals surface area contributed by atoms with E-state index in [0.29, 0.717) is 34.0 Å². The van der Waals surface area contributed by atoms with E-state index in [4.69, 9.17) is 10.5 Å². The minimum atomic E-state index is -0.234. The van der Waals surface area contributed by atoms with Gasteiger partial charge >= 0.3 is 0 Å². The van der Waals surface area contributed by atoms with Gasteiger partial charge in [0.15, 0.2) is 5.65 Å². The van der Waals surface area contributed by atoms with E-state index in [2.05, 4.69) is 36.3 Å². The van der Waals surface area contributed by atoms with Crippen molar-refractivity contribution in [3.05, 3.63) is 89.7 Å². The summed E-state index contributed by atoms with van der Waals surface area (Å²) in [5.74, 6) is 1.50. The van der Waals surface area contributed by atoms with Gasteiger partial charge in [-0.05, 0) is 60.7 Å². The highest BCUT2D eigenvalue weighted by molar-refractivity contribution is 9.10. The molecule has 1 amide bonds. The van der Waals surface area contributed by atoms with Gasteiger partial charge in [0.05, 0.1) is 5.39 Å². The van der Waals surface area contributed by atoms with Crippen LogP contribution < -0.4 is 15.8 Å². The molecular weight excluding hydrogens is 496 g/mol. The zero-order valence-corrected chi connectivity index (χ0v) is 19.4. The highest BCUT2D eigenvalue weighted by Gasteiger charge is 2.19. The van der Waals surface area contributed by atoms with Gasteiger partial charge in [0.1, 0.15) is 35.9 Å². The molecule has 0 aliphatic heterocycles. The molecule has 3 aromatic carbocycles. The fourth-order valence-electron chi connectivity index (χ4n) is 3.52. The quantitative estimate of drug-likeness (QED) is 0.319. The first-order valence-electron chi connectivity index (χ1n) is 10.4. The SMILES string of the molecule is Nc1ncnc2c1c(-c1ccc(Oc3ccccc3)cc1)nn2CC(=O)Nc1ccc(Br)cc1. The van der Waals surface area contributed by atoms with Gasteiger partial charge in [-0.2, -0.15) is 5.10 Å². The molecule has 2 aromatic heterocycles. The van der Waals surface area contributed by atoms with Gasteiger partial charge in [0.2, 0.25) is 5.91 Å². The molecule has 3 N–H and O–H groups in total. The lowest BCUT2D eigenvalue weighted by molar-refractivity contribution is -0.116. The number of carbonyl (C=O) groups is 1. The number of nitrogens with two attached hydrogens (primary N) is 1. The number of ether oxygens (including phenoxy) is 1. The minimum absolute atomic E-state index is 0.0295. The number of carbonyl (C=O) groups excluding carboxylic acids is 1. The number of para-hydroxylation sites is 1. The van der Waals surface area contributed by atoms with Crippen molar-refractivity contribution in [2.45, 2.75) is 6.54 Å². The molecule has 0 unspecified atom stereocenters. The van der Waals surface area contributed by atoms with Crippen molar-refractivity contribution >= 4 is 44.4 Å². The number of rotatable bonds is 6. The smallest absolute Gasteiger partial charge is 0.246 e. The van der Waals surface area contributed by atoms with Crippen LogP contribution in [-0.2, 0) is 11.3 Å². The van der Waals surface area contributed by atoms with Crippen molar-refractivity contribution in [1.82, 2.24) is 19.7 Å². The number of hydrogen-bond acceptors (Lipinski definition) is 6. The molecule has 8 nitrogen and oxygen atoms in total. The van der Waals surface area contributed by atoms with Gasteiger partial charge < -0.3 is 15.8 Å². The maximum Gasteiger partial charge on any atom is 0.246 e. The van der Waals surface area contributed by atoms with Crippen LogP contribution in [0.3, 0.4) is 0 Å². The van der Waals surface area contributed by atoms with Gasteiger partial charge in [-0.3, -0.25) is 4.79 Å². The predicted octanol–water partition coefficient (Wildman–Crippen LogP) is 5.27. The van der Waals surface area contributed by atoms with Gasteiger partial charge in [-0.1, -0.05) is 34.1 Å². The molecule has 0 atom stereocenters. The molecule has 0 spiro atoms. The Morgan fingerprint density at radius 2 is 1.65 bits per heavy atom. The summed E-state index contributed by atoms with van der Waals surface area (Å²) < 4.78 is 8.34. The number of nitrogen functional groups attached to an aromatic ring is 1. The second-order valence-corrected chi connectivity index (χ2v) is 8.37. The molecule has 34 heavy (non-hydrogen) atoms. The second kappa shape index (κ2) is 9.32. The Bertz CT molecular complexity index is 1450. The molecule has 0 bridgehead atoms. The van der Waals surface area contributed by atoms with E-state index in [1.807, 2.05) is 78.9 Å². The molecule has 0 radical (unpaired) electrons. The van der Waals surface area contributed by atoms with Crippen molar-refractivity contribution < 1.29 is 9.53 Å². The normalized spacial score (nSPS) is 10.9. The molecule has 5 rings (SSSR count). The Morgan fingerprint density at radius 3 is 2.38 bits per heavy atom. The van der Waals surface area contributed by atoms with Gasteiger partial charge in [0.25, 0.3) is 0 Å². The molecule has 168 valence electrons.